The van der Waals surface area contributed by atoms with Crippen LogP contribution in [0.5, 0.6) is 0 Å². The van der Waals surface area contributed by atoms with Gasteiger partial charge in [-0.3, -0.25) is 4.68 Å². The molecule has 0 fully saturated rings. The van der Waals surface area contributed by atoms with Crippen molar-refractivity contribution in [3.63, 3.8) is 0 Å². The fraction of sp³-hybridized carbons (Fsp3) is 0.600. The summed E-state index contributed by atoms with van der Waals surface area (Å²) in [4.78, 5) is 4.58. The Kier molecular flexibility index (Phi) is 6.21. The predicted octanol–water partition coefficient (Wildman–Crippen LogP) is 3.99. The lowest BCUT2D eigenvalue weighted by atomic mass is 10.1. The molecule has 0 radical (unpaired) electrons. The molecule has 0 aliphatic heterocycles. The lowest BCUT2D eigenvalue weighted by Gasteiger charge is -2.20. The topological polar surface area (TPSA) is 42.7 Å². The minimum Gasteiger partial charge on any atom is -0.308 e. The molecule has 21 heavy (non-hydrogen) atoms. The van der Waals surface area contributed by atoms with Gasteiger partial charge in [0, 0.05) is 18.3 Å². The Balaban J connectivity index is 2.24. The maximum atomic E-state index is 6.38. The Morgan fingerprint density at radius 2 is 2.19 bits per heavy atom. The third-order valence-electron chi connectivity index (χ3n) is 3.32. The molecule has 0 saturated carbocycles. The summed E-state index contributed by atoms with van der Waals surface area (Å²) in [5.74, 6) is 0. The van der Waals surface area contributed by atoms with E-state index in [-0.39, 0.29) is 6.04 Å². The molecular formula is C15H23ClN4S. The summed E-state index contributed by atoms with van der Waals surface area (Å²) in [6, 6.07) is 0.160. The summed E-state index contributed by atoms with van der Waals surface area (Å²) in [6.07, 6.45) is 4.73. The van der Waals surface area contributed by atoms with Crippen LogP contribution >= 0.6 is 22.9 Å². The van der Waals surface area contributed by atoms with E-state index in [0.717, 1.165) is 53.8 Å². The highest BCUT2D eigenvalue weighted by Gasteiger charge is 2.21. The van der Waals surface area contributed by atoms with Crippen LogP contribution in [0.15, 0.2) is 11.6 Å². The summed E-state index contributed by atoms with van der Waals surface area (Å²) in [6.45, 7) is 8.21. The predicted molar refractivity (Wildman–Crippen MR) is 89.1 cm³/mol. The highest BCUT2D eigenvalue weighted by Crippen LogP contribution is 2.26. The quantitative estimate of drug-likeness (QED) is 0.797. The van der Waals surface area contributed by atoms with Crippen molar-refractivity contribution in [2.75, 3.05) is 6.54 Å². The minimum absolute atomic E-state index is 0.160. The number of aromatic nitrogens is 3. The molecule has 0 aromatic carbocycles. The number of thiazole rings is 1. The monoisotopic (exact) mass is 326 g/mol. The normalized spacial score (nSPS) is 12.8. The van der Waals surface area contributed by atoms with Crippen LogP contribution in [0.25, 0.3) is 0 Å². The van der Waals surface area contributed by atoms with Gasteiger partial charge in [0.05, 0.1) is 33.7 Å². The van der Waals surface area contributed by atoms with Gasteiger partial charge in [0.1, 0.15) is 0 Å². The summed E-state index contributed by atoms with van der Waals surface area (Å²) >= 11 is 8.08. The molecule has 1 unspecified atom stereocenters. The standard InChI is InChI=1S/C15H23ClN4S/c1-4-6-17-14(8-12-10-21-11(3)19-12)15-13(16)9-18-20(15)7-5-2/h9-10,14,17H,4-8H2,1-3H3. The fourth-order valence-corrected chi connectivity index (χ4v) is 3.30. The van der Waals surface area contributed by atoms with Crippen LogP contribution in [0.1, 0.15) is 49.1 Å². The van der Waals surface area contributed by atoms with Crippen LogP contribution in [-0.4, -0.2) is 21.3 Å². The van der Waals surface area contributed by atoms with E-state index >= 15 is 0 Å². The maximum absolute atomic E-state index is 6.38. The van der Waals surface area contributed by atoms with Gasteiger partial charge in [0.15, 0.2) is 0 Å². The average molecular weight is 327 g/mol. The smallest absolute Gasteiger partial charge is 0.0897 e. The Hall–Kier alpha value is -0.910. The van der Waals surface area contributed by atoms with Gasteiger partial charge in [-0.15, -0.1) is 11.3 Å². The van der Waals surface area contributed by atoms with E-state index in [1.165, 1.54) is 0 Å². The molecule has 4 nitrogen and oxygen atoms in total. The zero-order chi connectivity index (χ0) is 15.2. The Labute approximate surface area is 135 Å². The van der Waals surface area contributed by atoms with E-state index in [1.54, 1.807) is 17.5 Å². The van der Waals surface area contributed by atoms with Crippen molar-refractivity contribution in [3.8, 4) is 0 Å². The molecule has 0 aliphatic rings. The third kappa shape index (κ3) is 4.28. The van der Waals surface area contributed by atoms with Gasteiger partial charge in [-0.25, -0.2) is 4.98 Å². The minimum atomic E-state index is 0.160. The third-order valence-corrected chi connectivity index (χ3v) is 4.43. The largest absolute Gasteiger partial charge is 0.308 e. The van der Waals surface area contributed by atoms with Gasteiger partial charge in [-0.2, -0.15) is 5.10 Å². The molecule has 0 saturated heterocycles. The molecule has 1 atom stereocenters. The first-order valence-corrected chi connectivity index (χ1v) is 8.77. The van der Waals surface area contributed by atoms with E-state index in [2.05, 4.69) is 34.6 Å². The van der Waals surface area contributed by atoms with Crippen LogP contribution in [-0.2, 0) is 13.0 Å². The van der Waals surface area contributed by atoms with Crippen LogP contribution in [0.2, 0.25) is 5.02 Å². The van der Waals surface area contributed by atoms with Gasteiger partial charge >= 0.3 is 0 Å². The highest BCUT2D eigenvalue weighted by molar-refractivity contribution is 7.09. The number of aryl methyl sites for hydroxylation is 2. The Bertz CT molecular complexity index is 564. The van der Waals surface area contributed by atoms with Gasteiger partial charge in [-0.05, 0) is 26.3 Å². The first-order valence-electron chi connectivity index (χ1n) is 7.51. The molecule has 2 aromatic heterocycles. The Morgan fingerprint density at radius 3 is 2.81 bits per heavy atom. The average Bonchev–Trinajstić information content (AvgIpc) is 3.02. The second kappa shape index (κ2) is 7.92. The van der Waals surface area contributed by atoms with E-state index in [9.17, 15) is 0 Å². The molecule has 0 amide bonds. The molecule has 2 rings (SSSR count). The molecule has 0 spiro atoms. The van der Waals surface area contributed by atoms with Gasteiger partial charge in [0.2, 0.25) is 0 Å². The first kappa shape index (κ1) is 16.5. The lowest BCUT2D eigenvalue weighted by molar-refractivity contribution is 0.466. The van der Waals surface area contributed by atoms with Crippen molar-refractivity contribution in [2.45, 2.75) is 52.6 Å². The summed E-state index contributed by atoms with van der Waals surface area (Å²) < 4.78 is 2.02. The molecule has 0 aliphatic carbocycles. The number of halogens is 1. The van der Waals surface area contributed by atoms with Crippen molar-refractivity contribution in [3.05, 3.63) is 33.0 Å². The first-order chi connectivity index (χ1) is 10.2. The number of nitrogens with one attached hydrogen (secondary N) is 1. The maximum Gasteiger partial charge on any atom is 0.0897 e. The fourth-order valence-electron chi connectivity index (χ4n) is 2.40. The van der Waals surface area contributed by atoms with E-state index in [1.807, 2.05) is 11.6 Å². The van der Waals surface area contributed by atoms with Crippen LogP contribution in [0.4, 0.5) is 0 Å². The van der Waals surface area contributed by atoms with E-state index in [0.29, 0.717) is 0 Å². The molecule has 1 N–H and O–H groups in total. The zero-order valence-electron chi connectivity index (χ0n) is 12.9. The van der Waals surface area contributed by atoms with Crippen LogP contribution in [0.3, 0.4) is 0 Å². The molecule has 6 heteroatoms. The number of nitrogens with zero attached hydrogens (tertiary/aromatic N) is 3. The zero-order valence-corrected chi connectivity index (χ0v) is 14.5. The molecule has 2 aromatic rings. The van der Waals surface area contributed by atoms with Crippen molar-refractivity contribution in [2.24, 2.45) is 0 Å². The lowest BCUT2D eigenvalue weighted by Crippen LogP contribution is -2.27. The number of rotatable bonds is 8. The second-order valence-electron chi connectivity index (χ2n) is 5.17. The summed E-state index contributed by atoms with van der Waals surface area (Å²) in [5, 5.41) is 12.0. The highest BCUT2D eigenvalue weighted by atomic mass is 35.5. The van der Waals surface area contributed by atoms with E-state index in [4.69, 9.17) is 11.6 Å². The molecule has 2 heterocycles. The molecule has 116 valence electrons. The Morgan fingerprint density at radius 1 is 1.38 bits per heavy atom. The van der Waals surface area contributed by atoms with Gasteiger partial charge in [-0.1, -0.05) is 25.4 Å². The van der Waals surface area contributed by atoms with Crippen molar-refractivity contribution >= 4 is 22.9 Å². The van der Waals surface area contributed by atoms with Crippen molar-refractivity contribution in [1.29, 1.82) is 0 Å². The van der Waals surface area contributed by atoms with E-state index < -0.39 is 0 Å². The van der Waals surface area contributed by atoms with Crippen LogP contribution in [0, 0.1) is 6.92 Å². The summed E-state index contributed by atoms with van der Waals surface area (Å²) in [7, 11) is 0. The van der Waals surface area contributed by atoms with Crippen molar-refractivity contribution < 1.29 is 0 Å². The molecular weight excluding hydrogens is 304 g/mol. The number of hydrogen-bond donors (Lipinski definition) is 1. The SMILES string of the molecule is CCCNC(Cc1csc(C)n1)c1c(Cl)cnn1CCC. The number of hydrogen-bond acceptors (Lipinski definition) is 4. The second-order valence-corrected chi connectivity index (χ2v) is 6.64. The summed E-state index contributed by atoms with van der Waals surface area (Å²) in [5.41, 5.74) is 2.20. The van der Waals surface area contributed by atoms with Crippen LogP contribution < -0.4 is 5.32 Å². The van der Waals surface area contributed by atoms with Gasteiger partial charge < -0.3 is 5.32 Å². The van der Waals surface area contributed by atoms with Crippen molar-refractivity contribution in [1.82, 2.24) is 20.1 Å². The molecule has 0 bridgehead atoms. The van der Waals surface area contributed by atoms with Gasteiger partial charge in [0.25, 0.3) is 0 Å².